The molecule has 2 aliphatic heterocycles. The Bertz CT molecular complexity index is 1770. The third-order valence-corrected chi connectivity index (χ3v) is 9.65. The van der Waals surface area contributed by atoms with Crippen LogP contribution in [0.3, 0.4) is 0 Å². The van der Waals surface area contributed by atoms with Crippen molar-refractivity contribution in [3.63, 3.8) is 0 Å². The fourth-order valence-corrected chi connectivity index (χ4v) is 6.98. The zero-order chi connectivity index (χ0) is 35.3. The monoisotopic (exact) mass is 720 g/mol. The highest BCUT2D eigenvalue weighted by atomic mass is 35.5. The summed E-state index contributed by atoms with van der Waals surface area (Å²) in [6.07, 6.45) is 7.26. The van der Waals surface area contributed by atoms with Crippen LogP contribution in [-0.2, 0) is 29.3 Å². The van der Waals surface area contributed by atoms with Gasteiger partial charge in [-0.2, -0.15) is 0 Å². The molecule has 10 nitrogen and oxygen atoms in total. The lowest BCUT2D eigenvalue weighted by Crippen LogP contribution is -2.29. The van der Waals surface area contributed by atoms with Crippen molar-refractivity contribution in [3.8, 4) is 34.1 Å². The van der Waals surface area contributed by atoms with Crippen LogP contribution < -0.4 is 18.9 Å². The van der Waals surface area contributed by atoms with Crippen LogP contribution in [-0.4, -0.2) is 64.6 Å². The molecule has 0 unspecified atom stereocenters. The van der Waals surface area contributed by atoms with Crippen molar-refractivity contribution in [1.82, 2.24) is 9.88 Å². The van der Waals surface area contributed by atoms with Crippen LogP contribution in [0.2, 0.25) is 5.02 Å². The van der Waals surface area contributed by atoms with Gasteiger partial charge < -0.3 is 29.2 Å². The van der Waals surface area contributed by atoms with Gasteiger partial charge in [-0.1, -0.05) is 42.3 Å². The number of nitrogens with zero attached hydrogens (tertiary/aromatic N) is 2. The van der Waals surface area contributed by atoms with E-state index in [1.807, 2.05) is 36.4 Å². The van der Waals surface area contributed by atoms with E-state index in [0.717, 1.165) is 75.2 Å². The van der Waals surface area contributed by atoms with Gasteiger partial charge in [0.1, 0.15) is 37.9 Å². The summed E-state index contributed by atoms with van der Waals surface area (Å²) in [7, 11) is 0. The maximum atomic E-state index is 10.9. The van der Waals surface area contributed by atoms with Crippen LogP contribution in [0.1, 0.15) is 47.9 Å². The first-order valence-electron chi connectivity index (χ1n) is 16.5. The summed E-state index contributed by atoms with van der Waals surface area (Å²) in [5.41, 5.74) is 6.25. The lowest BCUT2D eigenvalue weighted by Gasteiger charge is -2.27. The molecule has 0 amide bonds. The molecule has 0 aliphatic carbocycles. The minimum Gasteiger partial charge on any atom is -0.488 e. The number of piperidine rings is 1. The molecule has 264 valence electrons. The smallest absolute Gasteiger partial charge is 0.304 e. The van der Waals surface area contributed by atoms with Crippen molar-refractivity contribution >= 4 is 35.8 Å². The molecule has 1 aromatic heterocycles. The van der Waals surface area contributed by atoms with E-state index in [1.165, 1.54) is 31.0 Å². The second-order valence-corrected chi connectivity index (χ2v) is 13.5. The summed E-state index contributed by atoms with van der Waals surface area (Å²) in [6, 6.07) is 18.1. The van der Waals surface area contributed by atoms with Crippen LogP contribution in [0.5, 0.6) is 23.0 Å². The molecule has 0 saturated carbocycles. The second-order valence-electron chi connectivity index (χ2n) is 11.9. The number of thioether (sulfide) groups is 1. The zero-order valence-electron chi connectivity index (χ0n) is 27.9. The number of aromatic nitrogens is 1. The number of benzene rings is 3. The number of aliphatic carboxylic acids is 1. The van der Waals surface area contributed by atoms with Gasteiger partial charge in [0, 0.05) is 46.8 Å². The van der Waals surface area contributed by atoms with Crippen LogP contribution in [0.25, 0.3) is 11.1 Å². The summed E-state index contributed by atoms with van der Waals surface area (Å²) in [6.45, 7) is 6.46. The molecule has 0 spiro atoms. The molecule has 0 radical (unpaired) electrons. The number of carboxylic acids is 1. The highest BCUT2D eigenvalue weighted by Crippen LogP contribution is 2.38. The van der Waals surface area contributed by atoms with Gasteiger partial charge in [-0.05, 0) is 79.4 Å². The number of likely N-dealkylation sites (tertiary alicyclic amines) is 1. The van der Waals surface area contributed by atoms with Gasteiger partial charge in [-0.15, -0.1) is 11.8 Å². The molecule has 50 heavy (non-hydrogen) atoms. The molecule has 12 heteroatoms. The average Bonchev–Trinajstić information content (AvgIpc) is 3.12. The van der Waals surface area contributed by atoms with Crippen molar-refractivity contribution in [3.05, 3.63) is 94.3 Å². The molecule has 1 fully saturated rings. The second kappa shape index (κ2) is 18.5. The predicted molar refractivity (Wildman–Crippen MR) is 193 cm³/mol. The summed E-state index contributed by atoms with van der Waals surface area (Å²) in [5, 5.41) is 16.4. The summed E-state index contributed by atoms with van der Waals surface area (Å²) in [5.74, 6) is 2.49. The van der Waals surface area contributed by atoms with Gasteiger partial charge in [0.2, 0.25) is 0 Å². The van der Waals surface area contributed by atoms with E-state index in [0.29, 0.717) is 43.0 Å². The highest BCUT2D eigenvalue weighted by Gasteiger charge is 2.18. The van der Waals surface area contributed by atoms with E-state index in [2.05, 4.69) is 35.0 Å². The molecule has 6 rings (SSSR count). The van der Waals surface area contributed by atoms with Gasteiger partial charge in [-0.3, -0.25) is 19.5 Å². The quantitative estimate of drug-likeness (QED) is 0.103. The number of halogens is 1. The zero-order valence-corrected chi connectivity index (χ0v) is 29.5. The first-order valence-corrected chi connectivity index (χ1v) is 17.9. The molecule has 3 heterocycles. The van der Waals surface area contributed by atoms with Crippen LogP contribution in [0.15, 0.2) is 71.9 Å². The van der Waals surface area contributed by atoms with E-state index in [1.54, 1.807) is 12.4 Å². The largest absolute Gasteiger partial charge is 0.488 e. The number of hydrogen-bond acceptors (Lipinski definition) is 9. The minimum atomic E-state index is -0.810. The molecular weight excluding hydrogens is 680 g/mol. The fourth-order valence-electron chi connectivity index (χ4n) is 5.86. The van der Waals surface area contributed by atoms with Crippen molar-refractivity contribution in [2.75, 3.05) is 32.1 Å². The first-order chi connectivity index (χ1) is 24.3. The van der Waals surface area contributed by atoms with Gasteiger partial charge >= 0.3 is 5.97 Å². The number of ether oxygens (including phenoxy) is 4. The molecule has 2 aliphatic rings. The van der Waals surface area contributed by atoms with E-state index in [4.69, 9.17) is 45.6 Å². The molecular formula is C38H41ClN2O8S. The van der Waals surface area contributed by atoms with Crippen LogP contribution in [0, 0.1) is 6.92 Å². The number of carboxylic acid groups (broad SMARTS) is 2. The Labute approximate surface area is 301 Å². The normalized spacial score (nSPS) is 13.9. The van der Waals surface area contributed by atoms with Gasteiger partial charge in [0.15, 0.2) is 11.5 Å². The van der Waals surface area contributed by atoms with Crippen molar-refractivity contribution in [1.29, 1.82) is 0 Å². The Morgan fingerprint density at radius 1 is 0.960 bits per heavy atom. The third kappa shape index (κ3) is 10.3. The fraction of sp³-hybridized carbons (Fsp3) is 0.342. The van der Waals surface area contributed by atoms with E-state index >= 15 is 0 Å². The SMILES string of the molecule is Cc1c(COc2cc(OCc3cncc(SCCC(=O)O)c3)c(CN3CCCCC3)cc2Cl)cccc1-c1ccc2c(c1)OCCO2.O=CO. The Balaban J connectivity index is 0.00000156. The van der Waals surface area contributed by atoms with Crippen molar-refractivity contribution in [2.24, 2.45) is 0 Å². The summed E-state index contributed by atoms with van der Waals surface area (Å²) >= 11 is 8.32. The number of fused-ring (bicyclic) bond motifs is 1. The summed E-state index contributed by atoms with van der Waals surface area (Å²) < 4.78 is 24.3. The number of rotatable bonds is 13. The molecule has 4 aromatic rings. The molecule has 0 atom stereocenters. The Kier molecular flexibility index (Phi) is 13.6. The molecule has 0 bridgehead atoms. The maximum Gasteiger partial charge on any atom is 0.304 e. The lowest BCUT2D eigenvalue weighted by molar-refractivity contribution is -0.136. The molecule has 1 saturated heterocycles. The minimum absolute atomic E-state index is 0.0983. The topological polar surface area (TPSA) is 128 Å². The number of carbonyl (C=O) groups is 2. The van der Waals surface area contributed by atoms with Crippen LogP contribution in [0.4, 0.5) is 0 Å². The summed E-state index contributed by atoms with van der Waals surface area (Å²) in [4.78, 5) is 27.0. The molecule has 2 N–H and O–H groups in total. The number of pyridine rings is 1. The highest BCUT2D eigenvalue weighted by molar-refractivity contribution is 7.99. The maximum absolute atomic E-state index is 10.9. The van der Waals surface area contributed by atoms with E-state index < -0.39 is 5.97 Å². The first kappa shape index (κ1) is 36.8. The van der Waals surface area contributed by atoms with E-state index in [9.17, 15) is 4.79 Å². The van der Waals surface area contributed by atoms with E-state index in [-0.39, 0.29) is 12.9 Å². The average molecular weight is 721 g/mol. The predicted octanol–water partition coefficient (Wildman–Crippen LogP) is 7.89. The van der Waals surface area contributed by atoms with Crippen LogP contribution >= 0.6 is 23.4 Å². The van der Waals surface area contributed by atoms with Gasteiger partial charge in [0.25, 0.3) is 6.47 Å². The number of hydrogen-bond donors (Lipinski definition) is 2. The third-order valence-electron chi connectivity index (χ3n) is 8.39. The molecule has 3 aromatic carbocycles. The van der Waals surface area contributed by atoms with Crippen molar-refractivity contribution in [2.45, 2.75) is 57.3 Å². The Morgan fingerprint density at radius 2 is 1.72 bits per heavy atom. The Morgan fingerprint density at radius 3 is 2.50 bits per heavy atom. The van der Waals surface area contributed by atoms with Gasteiger partial charge in [0.05, 0.1) is 11.4 Å². The standard InChI is InChI=1S/C37H39ClN2O6S.CH2O2/c1-25-28(6-5-7-31(25)27-8-9-33-36(18-27)44-14-13-43-33)24-46-35-19-34(29(17-32(35)38)22-40-11-3-2-4-12-40)45-23-26-16-30(21-39-20-26)47-15-10-37(41)42;2-1-3/h5-9,16-21H,2-4,10-15,22-24H2,1H3,(H,41,42);1H,(H,2,3). The van der Waals surface area contributed by atoms with Gasteiger partial charge in [-0.25, -0.2) is 0 Å². The Hall–Kier alpha value is -4.45. The van der Waals surface area contributed by atoms with Crippen molar-refractivity contribution < 1.29 is 38.7 Å². The lowest BCUT2D eigenvalue weighted by atomic mass is 9.96.